The van der Waals surface area contributed by atoms with E-state index in [2.05, 4.69) is 31.1 Å². The number of nitrogen functional groups attached to an aromatic ring is 1. The van der Waals surface area contributed by atoms with Crippen molar-refractivity contribution in [1.82, 2.24) is 0 Å². The van der Waals surface area contributed by atoms with Gasteiger partial charge in [0.05, 0.1) is 12.7 Å². The number of methoxy groups -OCH3 is 1. The first-order valence-corrected chi connectivity index (χ1v) is 8.39. The Bertz CT molecular complexity index is 410. The molecule has 15 heavy (non-hydrogen) atoms. The van der Waals surface area contributed by atoms with Gasteiger partial charge in [-0.15, -0.1) is 5.54 Å². The Morgan fingerprint density at radius 1 is 1.27 bits per heavy atom. The minimum Gasteiger partial charge on any atom is -0.495 e. The molecule has 0 heterocycles. The molecular formula is C12H17NOSi. The Kier molecular flexibility index (Phi) is 3.43. The van der Waals surface area contributed by atoms with Crippen LogP contribution in [0, 0.1) is 11.5 Å². The highest BCUT2D eigenvalue weighted by Crippen LogP contribution is 2.20. The minimum atomic E-state index is -1.34. The van der Waals surface area contributed by atoms with Crippen molar-refractivity contribution in [1.29, 1.82) is 0 Å². The SMILES string of the molecule is COc1cc(N)ccc1C#C[Si](C)(C)C. The molecule has 0 aromatic heterocycles. The lowest BCUT2D eigenvalue weighted by molar-refractivity contribution is 0.414. The molecule has 0 fully saturated rings. The summed E-state index contributed by atoms with van der Waals surface area (Å²) in [6.45, 7) is 6.64. The smallest absolute Gasteiger partial charge is 0.136 e. The molecular weight excluding hydrogens is 202 g/mol. The van der Waals surface area contributed by atoms with Gasteiger partial charge in [0, 0.05) is 11.8 Å². The summed E-state index contributed by atoms with van der Waals surface area (Å²) in [6.07, 6.45) is 0. The van der Waals surface area contributed by atoms with Gasteiger partial charge in [-0.3, -0.25) is 0 Å². The molecule has 1 aromatic carbocycles. The largest absolute Gasteiger partial charge is 0.495 e. The van der Waals surface area contributed by atoms with Crippen LogP contribution < -0.4 is 10.5 Å². The van der Waals surface area contributed by atoms with Crippen LogP contribution in [0.3, 0.4) is 0 Å². The summed E-state index contributed by atoms with van der Waals surface area (Å²) in [4.78, 5) is 0. The Morgan fingerprint density at radius 2 is 1.93 bits per heavy atom. The third-order valence-corrected chi connectivity index (χ3v) is 2.67. The number of benzene rings is 1. The second kappa shape index (κ2) is 4.41. The van der Waals surface area contributed by atoms with Crippen molar-refractivity contribution in [2.75, 3.05) is 12.8 Å². The van der Waals surface area contributed by atoms with Gasteiger partial charge < -0.3 is 10.5 Å². The van der Waals surface area contributed by atoms with Crippen molar-refractivity contribution in [2.24, 2.45) is 0 Å². The maximum absolute atomic E-state index is 5.67. The summed E-state index contributed by atoms with van der Waals surface area (Å²) in [5.74, 6) is 3.91. The Morgan fingerprint density at radius 3 is 2.47 bits per heavy atom. The number of anilines is 1. The lowest BCUT2D eigenvalue weighted by atomic mass is 10.2. The standard InChI is InChI=1S/C12H17NOSi/c1-14-12-9-11(13)6-5-10(12)7-8-15(2,3)4/h5-6,9H,13H2,1-4H3. The van der Waals surface area contributed by atoms with E-state index in [4.69, 9.17) is 10.5 Å². The zero-order valence-electron chi connectivity index (χ0n) is 9.72. The Labute approximate surface area is 92.5 Å². The van der Waals surface area contributed by atoms with Crippen LogP contribution in [-0.2, 0) is 0 Å². The van der Waals surface area contributed by atoms with Crippen molar-refractivity contribution < 1.29 is 4.74 Å². The molecule has 0 amide bonds. The van der Waals surface area contributed by atoms with Gasteiger partial charge in [-0.05, 0) is 12.1 Å². The zero-order chi connectivity index (χ0) is 11.5. The average Bonchev–Trinajstić information content (AvgIpc) is 2.14. The highest BCUT2D eigenvalue weighted by molar-refractivity contribution is 6.83. The van der Waals surface area contributed by atoms with E-state index in [1.54, 1.807) is 13.2 Å². The van der Waals surface area contributed by atoms with Crippen LogP contribution in [0.25, 0.3) is 0 Å². The van der Waals surface area contributed by atoms with E-state index in [9.17, 15) is 0 Å². The van der Waals surface area contributed by atoms with E-state index in [1.165, 1.54) is 0 Å². The van der Waals surface area contributed by atoms with E-state index >= 15 is 0 Å². The monoisotopic (exact) mass is 219 g/mol. The lowest BCUT2D eigenvalue weighted by Crippen LogP contribution is -2.16. The fraction of sp³-hybridized carbons (Fsp3) is 0.333. The number of hydrogen-bond donors (Lipinski definition) is 1. The topological polar surface area (TPSA) is 35.2 Å². The van der Waals surface area contributed by atoms with Crippen molar-refractivity contribution in [2.45, 2.75) is 19.6 Å². The van der Waals surface area contributed by atoms with Gasteiger partial charge in [-0.2, -0.15) is 0 Å². The van der Waals surface area contributed by atoms with Gasteiger partial charge in [-0.1, -0.05) is 25.6 Å². The van der Waals surface area contributed by atoms with Gasteiger partial charge in [0.15, 0.2) is 0 Å². The van der Waals surface area contributed by atoms with Crippen LogP contribution in [0.4, 0.5) is 5.69 Å². The Balaban J connectivity index is 3.08. The molecule has 1 aromatic rings. The Hall–Kier alpha value is -1.40. The van der Waals surface area contributed by atoms with Crippen LogP contribution in [0.2, 0.25) is 19.6 Å². The van der Waals surface area contributed by atoms with E-state index < -0.39 is 8.07 Å². The predicted molar refractivity (Wildman–Crippen MR) is 67.6 cm³/mol. The zero-order valence-corrected chi connectivity index (χ0v) is 10.7. The summed E-state index contributed by atoms with van der Waals surface area (Å²) in [7, 11) is 0.296. The third-order valence-electron chi connectivity index (χ3n) is 1.80. The molecule has 0 bridgehead atoms. The first kappa shape index (κ1) is 11.7. The third kappa shape index (κ3) is 3.68. The van der Waals surface area contributed by atoms with E-state index in [1.807, 2.05) is 12.1 Å². The molecule has 80 valence electrons. The lowest BCUT2D eigenvalue weighted by Gasteiger charge is -2.06. The number of rotatable bonds is 1. The van der Waals surface area contributed by atoms with Gasteiger partial charge in [-0.25, -0.2) is 0 Å². The molecule has 0 saturated carbocycles. The summed E-state index contributed by atoms with van der Waals surface area (Å²) in [5.41, 5.74) is 10.6. The van der Waals surface area contributed by atoms with Gasteiger partial charge in [0.2, 0.25) is 0 Å². The molecule has 0 atom stereocenters. The molecule has 0 spiro atoms. The maximum Gasteiger partial charge on any atom is 0.136 e. The van der Waals surface area contributed by atoms with Crippen molar-refractivity contribution in [3.8, 4) is 17.2 Å². The fourth-order valence-corrected chi connectivity index (χ4v) is 1.58. The molecule has 0 saturated heterocycles. The van der Waals surface area contributed by atoms with E-state index in [0.29, 0.717) is 5.69 Å². The van der Waals surface area contributed by atoms with E-state index in [-0.39, 0.29) is 0 Å². The normalized spacial score (nSPS) is 10.4. The second-order valence-electron chi connectivity index (χ2n) is 4.46. The summed E-state index contributed by atoms with van der Waals surface area (Å²) >= 11 is 0. The highest BCUT2D eigenvalue weighted by Gasteiger charge is 2.08. The summed E-state index contributed by atoms with van der Waals surface area (Å²) in [6, 6.07) is 5.55. The molecule has 0 aliphatic carbocycles. The van der Waals surface area contributed by atoms with Crippen LogP contribution in [0.15, 0.2) is 18.2 Å². The van der Waals surface area contributed by atoms with Crippen LogP contribution in [0.5, 0.6) is 5.75 Å². The first-order valence-electron chi connectivity index (χ1n) is 4.89. The maximum atomic E-state index is 5.67. The predicted octanol–water partition coefficient (Wildman–Crippen LogP) is 2.51. The first-order chi connectivity index (χ1) is 6.92. The molecule has 0 radical (unpaired) electrons. The molecule has 0 aliphatic heterocycles. The summed E-state index contributed by atoms with van der Waals surface area (Å²) in [5, 5.41) is 0. The fourth-order valence-electron chi connectivity index (χ4n) is 1.07. The van der Waals surface area contributed by atoms with Crippen LogP contribution in [0.1, 0.15) is 5.56 Å². The highest BCUT2D eigenvalue weighted by atomic mass is 28.3. The minimum absolute atomic E-state index is 0.699. The molecule has 0 aliphatic rings. The van der Waals surface area contributed by atoms with E-state index in [0.717, 1.165) is 11.3 Å². The van der Waals surface area contributed by atoms with Crippen molar-refractivity contribution in [3.63, 3.8) is 0 Å². The number of hydrogen-bond acceptors (Lipinski definition) is 2. The van der Waals surface area contributed by atoms with Gasteiger partial charge >= 0.3 is 0 Å². The number of nitrogens with two attached hydrogens (primary N) is 1. The van der Waals surface area contributed by atoms with Crippen LogP contribution in [-0.4, -0.2) is 15.2 Å². The van der Waals surface area contributed by atoms with Crippen molar-refractivity contribution in [3.05, 3.63) is 23.8 Å². The van der Waals surface area contributed by atoms with Gasteiger partial charge in [0.25, 0.3) is 0 Å². The molecule has 2 nitrogen and oxygen atoms in total. The van der Waals surface area contributed by atoms with Gasteiger partial charge in [0.1, 0.15) is 13.8 Å². The number of ether oxygens (including phenoxy) is 1. The summed E-state index contributed by atoms with van der Waals surface area (Å²) < 4.78 is 5.22. The van der Waals surface area contributed by atoms with Crippen LogP contribution >= 0.6 is 0 Å². The molecule has 0 unspecified atom stereocenters. The average molecular weight is 219 g/mol. The molecule has 2 N–H and O–H groups in total. The van der Waals surface area contributed by atoms with Crippen molar-refractivity contribution >= 4 is 13.8 Å². The molecule has 3 heteroatoms. The quantitative estimate of drug-likeness (QED) is 0.447. The second-order valence-corrected chi connectivity index (χ2v) is 9.21. The molecule has 1 rings (SSSR count).